The Kier molecular flexibility index (Phi) is 9.79. The third kappa shape index (κ3) is 7.71. The third-order valence-corrected chi connectivity index (χ3v) is 7.68. The van der Waals surface area contributed by atoms with Crippen molar-refractivity contribution in [2.45, 2.75) is 84.7 Å². The Bertz CT molecular complexity index is 1140. The molecule has 2 aromatic heterocycles. The molecule has 2 saturated carbocycles. The summed E-state index contributed by atoms with van der Waals surface area (Å²) in [7, 11) is 0. The molecule has 0 saturated heterocycles. The molecule has 39 heavy (non-hydrogen) atoms. The Morgan fingerprint density at radius 3 is 1.85 bits per heavy atom. The number of aromatic nitrogens is 6. The van der Waals surface area contributed by atoms with Crippen molar-refractivity contribution in [1.29, 1.82) is 0 Å². The number of rotatable bonds is 7. The topological polar surface area (TPSA) is 127 Å². The number of nitrogens with zero attached hydrogens (tertiary/aromatic N) is 4. The van der Waals surface area contributed by atoms with Gasteiger partial charge in [0.25, 0.3) is 0 Å². The molecule has 2 aliphatic rings. The Balaban J connectivity index is 0.00000112. The van der Waals surface area contributed by atoms with Crippen molar-refractivity contribution in [2.24, 2.45) is 17.8 Å². The van der Waals surface area contributed by atoms with Crippen LogP contribution in [0, 0.1) is 17.8 Å². The van der Waals surface area contributed by atoms with Gasteiger partial charge in [0, 0.05) is 17.5 Å². The molecule has 2 aliphatic carbocycles. The molecule has 9 heteroatoms. The fraction of sp³-hybridized carbons (Fsp3) is 0.533. The van der Waals surface area contributed by atoms with Gasteiger partial charge in [-0.15, -0.1) is 6.58 Å². The normalized spacial score (nSPS) is 22.8. The van der Waals surface area contributed by atoms with Gasteiger partial charge in [-0.05, 0) is 63.2 Å². The van der Waals surface area contributed by atoms with Crippen LogP contribution in [0.25, 0.3) is 22.8 Å². The fourth-order valence-electron chi connectivity index (χ4n) is 5.21. The first-order valence-electron chi connectivity index (χ1n) is 14.1. The quantitative estimate of drug-likeness (QED) is 0.200. The molecule has 3 aromatic rings. The maximum Gasteiger partial charge on any atom is 0.376 e. The predicted molar refractivity (Wildman–Crippen MR) is 150 cm³/mol. The zero-order chi connectivity index (χ0) is 27.8. The van der Waals surface area contributed by atoms with Crippen molar-refractivity contribution in [2.75, 3.05) is 0 Å². The largest absolute Gasteiger partial charge is 0.457 e. The summed E-state index contributed by atoms with van der Waals surface area (Å²) in [5.74, 6) is 2.76. The first kappa shape index (κ1) is 28.4. The van der Waals surface area contributed by atoms with E-state index in [1.54, 1.807) is 6.08 Å². The van der Waals surface area contributed by atoms with Gasteiger partial charge in [0.1, 0.15) is 6.10 Å². The molecule has 0 radical (unpaired) electrons. The van der Waals surface area contributed by atoms with Gasteiger partial charge in [0.05, 0.1) is 0 Å². The summed E-state index contributed by atoms with van der Waals surface area (Å²) in [5.41, 5.74) is 1.53. The monoisotopic (exact) mass is 532 g/mol. The van der Waals surface area contributed by atoms with E-state index >= 15 is 0 Å². The molecule has 9 nitrogen and oxygen atoms in total. The van der Waals surface area contributed by atoms with Gasteiger partial charge in [-0.3, -0.25) is 15.0 Å². The van der Waals surface area contributed by atoms with Gasteiger partial charge < -0.3 is 4.74 Å². The highest BCUT2D eigenvalue weighted by molar-refractivity contribution is 5.93. The van der Waals surface area contributed by atoms with E-state index < -0.39 is 5.97 Å². The van der Waals surface area contributed by atoms with E-state index in [9.17, 15) is 9.59 Å². The van der Waals surface area contributed by atoms with Gasteiger partial charge in [0.15, 0.2) is 23.3 Å². The Labute approximate surface area is 230 Å². The van der Waals surface area contributed by atoms with Crippen LogP contribution in [0.15, 0.2) is 36.9 Å². The number of carbonyl (C=O) groups excluding carboxylic acids is 2. The maximum absolute atomic E-state index is 12.7. The Morgan fingerprint density at radius 1 is 0.846 bits per heavy atom. The van der Waals surface area contributed by atoms with E-state index in [0.717, 1.165) is 55.6 Å². The number of hydrogen-bond acceptors (Lipinski definition) is 7. The first-order valence-corrected chi connectivity index (χ1v) is 14.1. The van der Waals surface area contributed by atoms with Gasteiger partial charge >= 0.3 is 5.97 Å². The van der Waals surface area contributed by atoms with Crippen LogP contribution >= 0.6 is 0 Å². The van der Waals surface area contributed by atoms with Crippen LogP contribution in [0.2, 0.25) is 0 Å². The lowest BCUT2D eigenvalue weighted by molar-refractivity contribution is 0.0160. The lowest BCUT2D eigenvalue weighted by Crippen LogP contribution is -2.24. The van der Waals surface area contributed by atoms with E-state index in [2.05, 4.69) is 50.8 Å². The minimum atomic E-state index is -0.467. The van der Waals surface area contributed by atoms with E-state index in [4.69, 9.17) is 4.74 Å². The minimum absolute atomic E-state index is 0.0211. The van der Waals surface area contributed by atoms with E-state index in [0.29, 0.717) is 35.7 Å². The second kappa shape index (κ2) is 13.4. The summed E-state index contributed by atoms with van der Waals surface area (Å²) in [4.78, 5) is 33.9. The molecule has 2 N–H and O–H groups in total. The van der Waals surface area contributed by atoms with Crippen LogP contribution in [0.3, 0.4) is 0 Å². The minimum Gasteiger partial charge on any atom is -0.457 e. The molecule has 0 aliphatic heterocycles. The van der Waals surface area contributed by atoms with Crippen molar-refractivity contribution in [3.63, 3.8) is 0 Å². The van der Waals surface area contributed by atoms with Crippen LogP contribution in [0.4, 0.5) is 0 Å². The van der Waals surface area contributed by atoms with Crippen LogP contribution in [0.1, 0.15) is 99.8 Å². The number of benzene rings is 1. The highest BCUT2D eigenvalue weighted by atomic mass is 16.5. The van der Waals surface area contributed by atoms with Crippen LogP contribution < -0.4 is 0 Å². The van der Waals surface area contributed by atoms with Gasteiger partial charge in [-0.1, -0.05) is 57.0 Å². The lowest BCUT2D eigenvalue weighted by Gasteiger charge is -2.25. The van der Waals surface area contributed by atoms with Crippen molar-refractivity contribution in [3.05, 3.63) is 48.6 Å². The standard InChI is InChI=1S/C27H34N6O3.C3H6/c1-16-3-7-18(8-4-16)15-22(34)25-28-23(30-32-25)19-9-11-20(12-10-19)24-29-26(33-31-24)27(35)36-21-13-5-17(2)6-14-21;1-3-2/h9-12,16-18,21H,3-8,13-15H2,1-2H3,(H,28,30,32)(H,29,31,33);3H,1H2,2H3. The van der Waals surface area contributed by atoms with Crippen LogP contribution in [-0.2, 0) is 4.74 Å². The molecular weight excluding hydrogens is 492 g/mol. The third-order valence-electron chi connectivity index (χ3n) is 7.68. The van der Waals surface area contributed by atoms with E-state index in [1.807, 2.05) is 31.2 Å². The molecule has 0 unspecified atom stereocenters. The molecule has 0 atom stereocenters. The molecule has 0 bridgehead atoms. The maximum atomic E-state index is 12.7. The second-order valence-corrected chi connectivity index (χ2v) is 11.0. The molecule has 2 fully saturated rings. The molecule has 0 spiro atoms. The van der Waals surface area contributed by atoms with Gasteiger partial charge in [-0.2, -0.15) is 10.2 Å². The SMILES string of the molecule is C=CC.CC1CCC(CC(=O)c2nc(-c3ccc(-c4n[nH]c(C(=O)OC5CCC(C)CC5)n4)cc3)n[nH]2)CC1. The number of Topliss-reactive ketones (excluding diaryl/α,β-unsaturated/α-hetero) is 1. The molecule has 1 aromatic carbocycles. The van der Waals surface area contributed by atoms with Crippen molar-refractivity contribution in [3.8, 4) is 22.8 Å². The number of ether oxygens (including phenoxy) is 1. The summed E-state index contributed by atoms with van der Waals surface area (Å²) < 4.78 is 5.61. The lowest BCUT2D eigenvalue weighted by atomic mass is 9.80. The Hall–Kier alpha value is -3.62. The van der Waals surface area contributed by atoms with Crippen molar-refractivity contribution >= 4 is 11.8 Å². The van der Waals surface area contributed by atoms with Crippen LogP contribution in [0.5, 0.6) is 0 Å². The molecule has 0 amide bonds. The summed E-state index contributed by atoms with van der Waals surface area (Å²) >= 11 is 0. The Morgan fingerprint density at radius 2 is 1.31 bits per heavy atom. The summed E-state index contributed by atoms with van der Waals surface area (Å²) in [6.07, 6.45) is 10.8. The van der Waals surface area contributed by atoms with E-state index in [1.165, 1.54) is 12.8 Å². The molecule has 2 heterocycles. The number of esters is 1. The number of carbonyl (C=O) groups is 2. The summed E-state index contributed by atoms with van der Waals surface area (Å²) in [6.45, 7) is 9.75. The number of H-pyrrole nitrogens is 2. The number of hydrogen-bond donors (Lipinski definition) is 2. The van der Waals surface area contributed by atoms with Gasteiger partial charge in [0.2, 0.25) is 5.82 Å². The van der Waals surface area contributed by atoms with Crippen molar-refractivity contribution in [1.82, 2.24) is 30.4 Å². The first-order chi connectivity index (χ1) is 18.9. The van der Waals surface area contributed by atoms with Crippen LogP contribution in [-0.4, -0.2) is 48.2 Å². The predicted octanol–water partition coefficient (Wildman–Crippen LogP) is 6.58. The van der Waals surface area contributed by atoms with Crippen molar-refractivity contribution < 1.29 is 14.3 Å². The summed E-state index contributed by atoms with van der Waals surface area (Å²) in [5, 5.41) is 13.9. The van der Waals surface area contributed by atoms with Gasteiger partial charge in [-0.25, -0.2) is 14.8 Å². The average Bonchev–Trinajstić information content (AvgIpc) is 3.63. The zero-order valence-corrected chi connectivity index (χ0v) is 23.3. The highest BCUT2D eigenvalue weighted by Crippen LogP contribution is 2.31. The number of allylic oxidation sites excluding steroid dienone is 1. The zero-order valence-electron chi connectivity index (χ0n) is 23.3. The van der Waals surface area contributed by atoms with E-state index in [-0.39, 0.29) is 17.7 Å². The number of nitrogens with one attached hydrogen (secondary N) is 2. The number of ketones is 1. The number of aromatic amines is 2. The molecular formula is C30H40N6O3. The molecule has 208 valence electrons. The second-order valence-electron chi connectivity index (χ2n) is 11.0. The summed E-state index contributed by atoms with van der Waals surface area (Å²) in [6, 6.07) is 7.40. The molecule has 5 rings (SSSR count). The highest BCUT2D eigenvalue weighted by Gasteiger charge is 2.25. The smallest absolute Gasteiger partial charge is 0.376 e. The fourth-order valence-corrected chi connectivity index (χ4v) is 5.21. The average molecular weight is 533 g/mol.